The summed E-state index contributed by atoms with van der Waals surface area (Å²) in [6.07, 6.45) is -2.47. The lowest BCUT2D eigenvalue weighted by atomic mass is 10.3. The van der Waals surface area contributed by atoms with Crippen molar-refractivity contribution in [1.29, 1.82) is 0 Å². The van der Waals surface area contributed by atoms with Crippen LogP contribution in [0.2, 0.25) is 0 Å². The molecule has 0 radical (unpaired) electrons. The Balaban J connectivity index is 2.45. The lowest BCUT2D eigenvalue weighted by Gasteiger charge is -2.16. The minimum absolute atomic E-state index is 0.0496. The van der Waals surface area contributed by atoms with Crippen LogP contribution in [0.15, 0.2) is 22.9 Å². The van der Waals surface area contributed by atoms with Gasteiger partial charge in [-0.2, -0.15) is 13.2 Å². The number of aromatic nitrogens is 2. The van der Waals surface area contributed by atoms with E-state index in [-0.39, 0.29) is 30.0 Å². The van der Waals surface area contributed by atoms with Gasteiger partial charge in [0.1, 0.15) is 11.0 Å². The number of hydrogen-bond donors (Lipinski definition) is 1. The summed E-state index contributed by atoms with van der Waals surface area (Å²) in [7, 11) is -3.68. The molecule has 0 bridgehead atoms. The molecule has 2 heterocycles. The van der Waals surface area contributed by atoms with Gasteiger partial charge in [-0.15, -0.1) is 0 Å². The van der Waals surface area contributed by atoms with Gasteiger partial charge in [-0.05, 0) is 19.9 Å². The van der Waals surface area contributed by atoms with Gasteiger partial charge in [0, 0.05) is 0 Å². The predicted octanol–water partition coefficient (Wildman–Crippen LogP) is 3.58. The molecule has 2 rings (SSSR count). The Morgan fingerprint density at radius 2 is 1.95 bits per heavy atom. The van der Waals surface area contributed by atoms with Gasteiger partial charge in [-0.3, -0.25) is 4.57 Å². The molecule has 122 valence electrons. The van der Waals surface area contributed by atoms with Crippen molar-refractivity contribution in [3.8, 4) is 11.5 Å². The van der Waals surface area contributed by atoms with Crippen LogP contribution in [-0.4, -0.2) is 23.2 Å². The molecule has 0 fully saturated rings. The zero-order valence-electron chi connectivity index (χ0n) is 11.8. The van der Waals surface area contributed by atoms with Crippen LogP contribution in [0.25, 0.3) is 11.5 Å². The lowest BCUT2D eigenvalue weighted by Crippen LogP contribution is -2.11. The number of H-pyrrole nitrogens is 1. The Labute approximate surface area is 124 Å². The average molecular weight is 338 g/mol. The van der Waals surface area contributed by atoms with Crippen molar-refractivity contribution in [3.63, 3.8) is 0 Å². The second-order valence-corrected chi connectivity index (χ2v) is 6.10. The van der Waals surface area contributed by atoms with Gasteiger partial charge < -0.3 is 18.4 Å². The van der Waals surface area contributed by atoms with Gasteiger partial charge >= 0.3 is 13.8 Å². The second kappa shape index (κ2) is 6.28. The summed E-state index contributed by atoms with van der Waals surface area (Å²) < 4.78 is 66.0. The van der Waals surface area contributed by atoms with E-state index in [1.807, 2.05) is 0 Å². The van der Waals surface area contributed by atoms with Crippen LogP contribution in [0, 0.1) is 0 Å². The van der Waals surface area contributed by atoms with Gasteiger partial charge in [0.25, 0.3) is 0 Å². The smallest absolute Gasteiger partial charge is 0.449 e. The fourth-order valence-corrected chi connectivity index (χ4v) is 3.51. The first kappa shape index (κ1) is 16.8. The Morgan fingerprint density at radius 3 is 2.45 bits per heavy atom. The average Bonchev–Trinajstić information content (AvgIpc) is 3.07. The van der Waals surface area contributed by atoms with E-state index in [4.69, 9.17) is 13.5 Å². The van der Waals surface area contributed by atoms with Crippen LogP contribution in [0.1, 0.15) is 19.7 Å². The van der Waals surface area contributed by atoms with E-state index in [0.717, 1.165) is 6.20 Å². The minimum Gasteiger partial charge on any atom is -0.462 e. The molecule has 0 atom stereocenters. The molecule has 1 N–H and O–H groups in total. The number of furan rings is 1. The van der Waals surface area contributed by atoms with Gasteiger partial charge in [0.2, 0.25) is 5.82 Å². The molecule has 0 amide bonds. The van der Waals surface area contributed by atoms with Crippen LogP contribution in [0.4, 0.5) is 13.2 Å². The van der Waals surface area contributed by atoms with Gasteiger partial charge in [-0.1, -0.05) is 0 Å². The van der Waals surface area contributed by atoms with Crippen LogP contribution in [0.3, 0.4) is 0 Å². The zero-order chi connectivity index (χ0) is 16.4. The van der Waals surface area contributed by atoms with Crippen molar-refractivity contribution in [1.82, 2.24) is 9.97 Å². The van der Waals surface area contributed by atoms with Crippen molar-refractivity contribution in [2.75, 3.05) is 13.2 Å². The topological polar surface area (TPSA) is 77.3 Å². The summed E-state index contributed by atoms with van der Waals surface area (Å²) in [6.45, 7) is 3.48. The van der Waals surface area contributed by atoms with Crippen molar-refractivity contribution in [2.45, 2.75) is 20.0 Å². The molecule has 0 aliphatic rings. The number of hydrogen-bond acceptors (Lipinski definition) is 5. The fourth-order valence-electron chi connectivity index (χ4n) is 1.82. The summed E-state index contributed by atoms with van der Waals surface area (Å²) in [5, 5.41) is 0.0496. The number of rotatable bonds is 6. The third-order valence-corrected chi connectivity index (χ3v) is 4.77. The Bertz CT molecular complexity index is 670. The fraction of sp³-hybridized carbons (Fsp3) is 0.417. The number of aromatic amines is 1. The maximum absolute atomic E-state index is 12.7. The van der Waals surface area contributed by atoms with E-state index in [0.29, 0.717) is 0 Å². The molecular formula is C12H14F3N2O4P. The SMILES string of the molecule is CCOP(=O)(OCC)c1ccoc1-c1cnc(C(F)(F)F)[nH]1. The van der Waals surface area contributed by atoms with Crippen LogP contribution >= 0.6 is 7.60 Å². The van der Waals surface area contributed by atoms with E-state index in [1.54, 1.807) is 13.8 Å². The molecule has 10 heteroatoms. The van der Waals surface area contributed by atoms with Crippen molar-refractivity contribution in [2.24, 2.45) is 0 Å². The summed E-state index contributed by atoms with van der Waals surface area (Å²) in [4.78, 5) is 5.34. The van der Waals surface area contributed by atoms with E-state index < -0.39 is 19.6 Å². The highest BCUT2D eigenvalue weighted by Gasteiger charge is 2.37. The number of alkyl halides is 3. The molecule has 0 spiro atoms. The maximum Gasteiger partial charge on any atom is 0.449 e. The highest BCUT2D eigenvalue weighted by Crippen LogP contribution is 2.49. The van der Waals surface area contributed by atoms with Gasteiger partial charge in [0.15, 0.2) is 5.76 Å². The molecule has 0 saturated carbocycles. The van der Waals surface area contributed by atoms with E-state index >= 15 is 0 Å². The van der Waals surface area contributed by atoms with E-state index in [1.165, 1.54) is 12.3 Å². The van der Waals surface area contributed by atoms with Gasteiger partial charge in [-0.25, -0.2) is 4.98 Å². The third-order valence-electron chi connectivity index (χ3n) is 2.63. The zero-order valence-corrected chi connectivity index (χ0v) is 12.7. The molecular weight excluding hydrogens is 324 g/mol. The minimum atomic E-state index is -4.62. The largest absolute Gasteiger partial charge is 0.462 e. The molecule has 2 aromatic rings. The third kappa shape index (κ3) is 3.26. The summed E-state index contributed by atoms with van der Waals surface area (Å²) in [6, 6.07) is 1.34. The van der Waals surface area contributed by atoms with Crippen molar-refractivity contribution in [3.05, 3.63) is 24.4 Å². The number of nitrogens with one attached hydrogen (secondary N) is 1. The van der Waals surface area contributed by atoms with E-state index in [9.17, 15) is 17.7 Å². The summed E-state index contributed by atoms with van der Waals surface area (Å²) in [5.74, 6) is -1.24. The highest BCUT2D eigenvalue weighted by molar-refractivity contribution is 7.62. The number of imidazole rings is 1. The molecule has 0 unspecified atom stereocenters. The molecule has 22 heavy (non-hydrogen) atoms. The number of nitrogens with zero attached hydrogens (tertiary/aromatic N) is 1. The molecule has 0 aliphatic heterocycles. The molecule has 6 nitrogen and oxygen atoms in total. The summed E-state index contributed by atoms with van der Waals surface area (Å²) >= 11 is 0. The first-order valence-electron chi connectivity index (χ1n) is 6.41. The first-order chi connectivity index (χ1) is 10.3. The normalized spacial score (nSPS) is 12.8. The molecule has 0 aromatic carbocycles. The van der Waals surface area contributed by atoms with Crippen molar-refractivity contribution < 1.29 is 31.2 Å². The number of halogens is 3. The van der Waals surface area contributed by atoms with Crippen molar-refractivity contribution >= 4 is 12.9 Å². The van der Waals surface area contributed by atoms with Gasteiger partial charge in [0.05, 0.1) is 25.7 Å². The van der Waals surface area contributed by atoms with Crippen LogP contribution < -0.4 is 5.30 Å². The quantitative estimate of drug-likeness (QED) is 0.815. The Morgan fingerprint density at radius 1 is 1.32 bits per heavy atom. The molecule has 0 aliphatic carbocycles. The maximum atomic E-state index is 12.7. The molecule has 0 saturated heterocycles. The summed E-state index contributed by atoms with van der Waals surface area (Å²) in [5.41, 5.74) is -0.0630. The highest BCUT2D eigenvalue weighted by atomic mass is 31.2. The predicted molar refractivity (Wildman–Crippen MR) is 71.8 cm³/mol. The second-order valence-electron chi connectivity index (χ2n) is 4.11. The lowest BCUT2D eigenvalue weighted by molar-refractivity contribution is -0.144. The first-order valence-corrected chi connectivity index (χ1v) is 7.95. The standard InChI is InChI=1S/C12H14F3N2O4P/c1-3-20-22(18,21-4-2)9-5-6-19-10(9)8-7-16-11(17-8)12(13,14)15/h5-7H,3-4H2,1-2H3,(H,16,17). The molecule has 2 aromatic heterocycles. The monoisotopic (exact) mass is 338 g/mol. The van der Waals surface area contributed by atoms with E-state index in [2.05, 4.69) is 9.97 Å². The Hall–Kier alpha value is -1.57. The van der Waals surface area contributed by atoms with Crippen LogP contribution in [0.5, 0.6) is 0 Å². The Kier molecular flexibility index (Phi) is 4.79. The van der Waals surface area contributed by atoms with Crippen LogP contribution in [-0.2, 0) is 19.8 Å².